The predicted molar refractivity (Wildman–Crippen MR) is 89.1 cm³/mol. The Bertz CT molecular complexity index is 836. The van der Waals surface area contributed by atoms with Gasteiger partial charge < -0.3 is 10.6 Å². The Balaban J connectivity index is 1.87. The molecule has 1 heterocycles. The van der Waals surface area contributed by atoms with E-state index in [1.807, 2.05) is 0 Å². The predicted octanol–water partition coefficient (Wildman–Crippen LogP) is 5.36. The molecule has 24 heavy (non-hydrogen) atoms. The summed E-state index contributed by atoms with van der Waals surface area (Å²) < 4.78 is 38.9. The van der Waals surface area contributed by atoms with E-state index in [4.69, 9.17) is 11.6 Å². The van der Waals surface area contributed by atoms with Crippen molar-refractivity contribution in [2.75, 3.05) is 10.6 Å². The number of benzene rings is 2. The first-order chi connectivity index (χ1) is 11.3. The third kappa shape index (κ3) is 3.52. The molecular weight excluding hydrogens is 361 g/mol. The minimum Gasteiger partial charge on any atom is -0.360 e. The van der Waals surface area contributed by atoms with E-state index in [1.54, 1.807) is 18.2 Å². The maximum Gasteiger partial charge on any atom is 0.418 e. The van der Waals surface area contributed by atoms with E-state index < -0.39 is 17.6 Å². The van der Waals surface area contributed by atoms with Crippen LogP contribution >= 0.6 is 23.4 Å². The van der Waals surface area contributed by atoms with Crippen LogP contribution in [0.5, 0.6) is 0 Å². The zero-order valence-electron chi connectivity index (χ0n) is 11.9. The topological polar surface area (TPSA) is 41.1 Å². The third-order valence-electron chi connectivity index (χ3n) is 3.23. The van der Waals surface area contributed by atoms with Gasteiger partial charge in [0.2, 0.25) is 0 Å². The highest BCUT2D eigenvalue weighted by Gasteiger charge is 2.33. The van der Waals surface area contributed by atoms with Crippen LogP contribution in [0.15, 0.2) is 58.5 Å². The fourth-order valence-corrected chi connectivity index (χ4v) is 3.28. The summed E-state index contributed by atoms with van der Waals surface area (Å²) in [5.41, 5.74) is -0.309. The summed E-state index contributed by atoms with van der Waals surface area (Å²) in [6.45, 7) is 0. The minimum absolute atomic E-state index is 0.122. The standard InChI is InChI=1S/C16H10ClF3N2OS/c17-9-5-6-12-13(7-9)24-14(15(23)22-12)8-21-11-4-2-1-3-10(11)16(18,19)20/h1-8,21H,(H,22,23)/b14-8+. The largest absolute Gasteiger partial charge is 0.418 e. The number of anilines is 2. The highest BCUT2D eigenvalue weighted by atomic mass is 35.5. The van der Waals surface area contributed by atoms with E-state index >= 15 is 0 Å². The van der Waals surface area contributed by atoms with Gasteiger partial charge in [0.25, 0.3) is 5.91 Å². The fourth-order valence-electron chi connectivity index (χ4n) is 2.13. The molecule has 0 bridgehead atoms. The normalized spacial score (nSPS) is 15.8. The smallest absolute Gasteiger partial charge is 0.360 e. The fraction of sp³-hybridized carbons (Fsp3) is 0.0625. The van der Waals surface area contributed by atoms with Gasteiger partial charge in [0.05, 0.1) is 21.8 Å². The molecule has 8 heteroatoms. The van der Waals surface area contributed by atoms with Crippen molar-refractivity contribution in [3.05, 3.63) is 64.2 Å². The van der Waals surface area contributed by atoms with E-state index in [-0.39, 0.29) is 10.6 Å². The van der Waals surface area contributed by atoms with Gasteiger partial charge in [-0.15, -0.1) is 0 Å². The second kappa shape index (κ2) is 6.41. The van der Waals surface area contributed by atoms with Crippen LogP contribution < -0.4 is 10.6 Å². The molecule has 0 unspecified atom stereocenters. The molecular formula is C16H10ClF3N2OS. The molecule has 0 atom stereocenters. The van der Waals surface area contributed by atoms with Crippen molar-refractivity contribution in [1.82, 2.24) is 0 Å². The lowest BCUT2D eigenvalue weighted by Gasteiger charge is -2.19. The summed E-state index contributed by atoms with van der Waals surface area (Å²) in [4.78, 5) is 13.0. The number of amides is 1. The number of rotatable bonds is 2. The molecule has 1 aliphatic heterocycles. The number of para-hydroxylation sites is 1. The van der Waals surface area contributed by atoms with Crippen LogP contribution in [-0.2, 0) is 11.0 Å². The molecule has 0 aromatic heterocycles. The number of hydrogen-bond acceptors (Lipinski definition) is 3. The Morgan fingerprint density at radius 2 is 1.92 bits per heavy atom. The van der Waals surface area contributed by atoms with Crippen molar-refractivity contribution in [1.29, 1.82) is 0 Å². The maximum absolute atomic E-state index is 13.0. The van der Waals surface area contributed by atoms with Gasteiger partial charge in [-0.3, -0.25) is 4.79 Å². The molecule has 0 spiro atoms. The molecule has 3 nitrogen and oxygen atoms in total. The lowest BCUT2D eigenvalue weighted by Crippen LogP contribution is -2.18. The number of thioether (sulfide) groups is 1. The van der Waals surface area contributed by atoms with Crippen LogP contribution in [0.2, 0.25) is 5.02 Å². The molecule has 0 radical (unpaired) electrons. The average Bonchev–Trinajstić information content (AvgIpc) is 2.52. The first kappa shape index (κ1) is 16.7. The summed E-state index contributed by atoms with van der Waals surface area (Å²) in [6, 6.07) is 10.1. The van der Waals surface area contributed by atoms with Crippen LogP contribution in [0.1, 0.15) is 5.56 Å². The zero-order chi connectivity index (χ0) is 17.3. The molecule has 0 saturated carbocycles. The van der Waals surface area contributed by atoms with E-state index in [0.717, 1.165) is 22.7 Å². The summed E-state index contributed by atoms with van der Waals surface area (Å²) >= 11 is 7.05. The summed E-state index contributed by atoms with van der Waals surface area (Å²) in [6.07, 6.45) is -3.22. The Morgan fingerprint density at radius 1 is 1.17 bits per heavy atom. The number of carbonyl (C=O) groups is 1. The second-order valence-electron chi connectivity index (χ2n) is 4.89. The molecule has 3 rings (SSSR count). The molecule has 1 aliphatic rings. The number of hydrogen-bond donors (Lipinski definition) is 2. The van der Waals surface area contributed by atoms with E-state index in [9.17, 15) is 18.0 Å². The Kier molecular flexibility index (Phi) is 4.47. The summed E-state index contributed by atoms with van der Waals surface area (Å²) in [7, 11) is 0. The van der Waals surface area contributed by atoms with Crippen LogP contribution in [0.3, 0.4) is 0 Å². The third-order valence-corrected chi connectivity index (χ3v) is 4.54. The van der Waals surface area contributed by atoms with E-state index in [0.29, 0.717) is 10.7 Å². The van der Waals surface area contributed by atoms with Crippen molar-refractivity contribution >= 4 is 40.6 Å². The van der Waals surface area contributed by atoms with Crippen LogP contribution in [0.4, 0.5) is 24.5 Å². The first-order valence-corrected chi connectivity index (χ1v) is 7.96. The second-order valence-corrected chi connectivity index (χ2v) is 6.41. The van der Waals surface area contributed by atoms with Crippen LogP contribution in [0.25, 0.3) is 0 Å². The number of carbonyl (C=O) groups excluding carboxylic acids is 1. The number of nitrogens with one attached hydrogen (secondary N) is 2. The monoisotopic (exact) mass is 370 g/mol. The Labute approximate surface area is 144 Å². The van der Waals surface area contributed by atoms with Gasteiger partial charge in [0.15, 0.2) is 0 Å². The van der Waals surface area contributed by atoms with Crippen molar-refractivity contribution in [3.63, 3.8) is 0 Å². The van der Waals surface area contributed by atoms with Crippen molar-refractivity contribution in [2.45, 2.75) is 11.1 Å². The molecule has 2 aromatic carbocycles. The summed E-state index contributed by atoms with van der Waals surface area (Å²) in [5, 5.41) is 5.74. The molecule has 124 valence electrons. The summed E-state index contributed by atoms with van der Waals surface area (Å²) in [5.74, 6) is -0.396. The molecule has 2 N–H and O–H groups in total. The van der Waals surface area contributed by atoms with Crippen molar-refractivity contribution < 1.29 is 18.0 Å². The molecule has 0 fully saturated rings. The quantitative estimate of drug-likeness (QED) is 0.699. The lowest BCUT2D eigenvalue weighted by atomic mass is 10.1. The molecule has 0 aliphatic carbocycles. The van der Waals surface area contributed by atoms with Crippen molar-refractivity contribution in [2.24, 2.45) is 0 Å². The Hall–Kier alpha value is -2.12. The lowest BCUT2D eigenvalue weighted by molar-refractivity contribution is -0.136. The van der Waals surface area contributed by atoms with Crippen LogP contribution in [0, 0.1) is 0 Å². The SMILES string of the molecule is O=C1Nc2ccc(Cl)cc2S/C1=C/Nc1ccccc1C(F)(F)F. The van der Waals surface area contributed by atoms with Crippen LogP contribution in [-0.4, -0.2) is 5.91 Å². The minimum atomic E-state index is -4.48. The van der Waals surface area contributed by atoms with Gasteiger partial charge in [0, 0.05) is 16.1 Å². The van der Waals surface area contributed by atoms with Gasteiger partial charge in [-0.25, -0.2) is 0 Å². The number of fused-ring (bicyclic) bond motifs is 1. The number of halogens is 4. The van der Waals surface area contributed by atoms with Gasteiger partial charge >= 0.3 is 6.18 Å². The number of alkyl halides is 3. The van der Waals surface area contributed by atoms with Gasteiger partial charge in [-0.05, 0) is 30.3 Å². The van der Waals surface area contributed by atoms with Gasteiger partial charge in [-0.1, -0.05) is 35.5 Å². The molecule has 1 amide bonds. The van der Waals surface area contributed by atoms with Gasteiger partial charge in [-0.2, -0.15) is 13.2 Å². The highest BCUT2D eigenvalue weighted by Crippen LogP contribution is 2.40. The first-order valence-electron chi connectivity index (χ1n) is 6.76. The Morgan fingerprint density at radius 3 is 2.67 bits per heavy atom. The van der Waals surface area contributed by atoms with Crippen molar-refractivity contribution in [3.8, 4) is 0 Å². The maximum atomic E-state index is 13.0. The molecule has 0 saturated heterocycles. The average molecular weight is 371 g/mol. The van der Waals surface area contributed by atoms with E-state index in [2.05, 4.69) is 10.6 Å². The molecule has 2 aromatic rings. The highest BCUT2D eigenvalue weighted by molar-refractivity contribution is 8.04. The van der Waals surface area contributed by atoms with E-state index in [1.165, 1.54) is 24.4 Å². The van der Waals surface area contributed by atoms with Gasteiger partial charge in [0.1, 0.15) is 0 Å². The zero-order valence-corrected chi connectivity index (χ0v) is 13.5.